The molecule has 1 unspecified atom stereocenters. The van der Waals surface area contributed by atoms with E-state index in [0.717, 1.165) is 30.6 Å². The lowest BCUT2D eigenvalue weighted by atomic mass is 9.92. The number of hydrogen-bond donors (Lipinski definition) is 0. The van der Waals surface area contributed by atoms with Crippen LogP contribution in [0.5, 0.6) is 0 Å². The van der Waals surface area contributed by atoms with E-state index in [1.807, 2.05) is 6.92 Å². The highest BCUT2D eigenvalue weighted by molar-refractivity contribution is 6.68. The van der Waals surface area contributed by atoms with Gasteiger partial charge in [-0.25, -0.2) is 0 Å². The van der Waals surface area contributed by atoms with Crippen LogP contribution in [0.4, 0.5) is 0 Å². The standard InChI is InChI=1S/C21H39Cl3O2/c1-16(2)9-6-10-17(3)11-7-12-18(4)13-8-14-19(5)26-20(25)15-21(22,23)24/h16-19H,6-15H2,1-5H3/t17-,18-,19?/m0/s1. The maximum absolute atomic E-state index is 11.6. The number of ether oxygens (including phenoxy) is 1. The third-order valence-corrected chi connectivity index (χ3v) is 5.26. The summed E-state index contributed by atoms with van der Waals surface area (Å²) in [5, 5.41) is 0. The van der Waals surface area contributed by atoms with Crippen LogP contribution in [-0.2, 0) is 9.53 Å². The van der Waals surface area contributed by atoms with E-state index in [1.54, 1.807) is 0 Å². The van der Waals surface area contributed by atoms with Gasteiger partial charge in [0.2, 0.25) is 3.79 Å². The Hall–Kier alpha value is 0.340. The molecule has 0 saturated heterocycles. The predicted octanol–water partition coefficient (Wildman–Crippen LogP) is 8.12. The van der Waals surface area contributed by atoms with Crippen LogP contribution in [0, 0.1) is 17.8 Å². The molecule has 0 aromatic heterocycles. The van der Waals surface area contributed by atoms with Gasteiger partial charge in [0.1, 0.15) is 0 Å². The highest BCUT2D eigenvalue weighted by Crippen LogP contribution is 2.30. The summed E-state index contributed by atoms with van der Waals surface area (Å²) in [6, 6.07) is 0. The van der Waals surface area contributed by atoms with E-state index in [1.165, 1.54) is 44.9 Å². The summed E-state index contributed by atoms with van der Waals surface area (Å²) in [6.45, 7) is 11.2. The molecule has 156 valence electrons. The highest BCUT2D eigenvalue weighted by atomic mass is 35.6. The molecule has 0 fully saturated rings. The first-order chi connectivity index (χ1) is 12.0. The quantitative estimate of drug-likeness (QED) is 0.206. The van der Waals surface area contributed by atoms with Gasteiger partial charge in [-0.1, -0.05) is 107 Å². The number of carbonyl (C=O) groups is 1. The number of halogens is 3. The van der Waals surface area contributed by atoms with Gasteiger partial charge in [-0.15, -0.1) is 0 Å². The maximum Gasteiger partial charge on any atom is 0.310 e. The van der Waals surface area contributed by atoms with Gasteiger partial charge in [0.05, 0.1) is 12.5 Å². The average Bonchev–Trinajstić information content (AvgIpc) is 2.44. The van der Waals surface area contributed by atoms with Gasteiger partial charge >= 0.3 is 5.97 Å². The van der Waals surface area contributed by atoms with Crippen LogP contribution < -0.4 is 0 Å². The van der Waals surface area contributed by atoms with Crippen molar-refractivity contribution >= 4 is 40.8 Å². The summed E-state index contributed by atoms with van der Waals surface area (Å²) in [6.07, 6.45) is 10.8. The molecule has 0 N–H and O–H groups in total. The molecule has 0 aliphatic carbocycles. The van der Waals surface area contributed by atoms with Crippen LogP contribution in [-0.4, -0.2) is 15.9 Å². The minimum absolute atomic E-state index is 0.122. The summed E-state index contributed by atoms with van der Waals surface area (Å²) in [5.74, 6) is 1.95. The van der Waals surface area contributed by atoms with Gasteiger partial charge in [0.25, 0.3) is 0 Å². The first-order valence-electron chi connectivity index (χ1n) is 10.3. The molecular formula is C21H39Cl3O2. The molecule has 0 aliphatic rings. The lowest BCUT2D eigenvalue weighted by Crippen LogP contribution is -2.19. The fourth-order valence-electron chi connectivity index (χ4n) is 3.22. The smallest absolute Gasteiger partial charge is 0.310 e. The fourth-order valence-corrected chi connectivity index (χ4v) is 3.55. The number of rotatable bonds is 14. The molecule has 0 aromatic rings. The molecule has 0 aliphatic heterocycles. The van der Waals surface area contributed by atoms with Gasteiger partial charge in [0.15, 0.2) is 0 Å². The fraction of sp³-hybridized carbons (Fsp3) is 0.952. The molecular weight excluding hydrogens is 391 g/mol. The van der Waals surface area contributed by atoms with Crippen molar-refractivity contribution in [1.82, 2.24) is 0 Å². The van der Waals surface area contributed by atoms with E-state index >= 15 is 0 Å². The van der Waals surface area contributed by atoms with Crippen LogP contribution in [0.15, 0.2) is 0 Å². The third kappa shape index (κ3) is 17.7. The highest BCUT2D eigenvalue weighted by Gasteiger charge is 2.26. The van der Waals surface area contributed by atoms with Crippen molar-refractivity contribution in [2.24, 2.45) is 17.8 Å². The van der Waals surface area contributed by atoms with Crippen molar-refractivity contribution in [3.8, 4) is 0 Å². The molecule has 5 heteroatoms. The molecule has 0 amide bonds. The van der Waals surface area contributed by atoms with E-state index in [0.29, 0.717) is 0 Å². The van der Waals surface area contributed by atoms with E-state index in [4.69, 9.17) is 39.5 Å². The molecule has 0 heterocycles. The Balaban J connectivity index is 3.70. The van der Waals surface area contributed by atoms with Gasteiger partial charge in [-0.2, -0.15) is 0 Å². The van der Waals surface area contributed by atoms with Crippen LogP contribution in [0.1, 0.15) is 98.8 Å². The Kier molecular flexibility index (Phi) is 14.5. The Bertz CT molecular complexity index is 367. The van der Waals surface area contributed by atoms with E-state index in [9.17, 15) is 4.79 Å². The zero-order valence-corrected chi connectivity index (χ0v) is 19.6. The number of alkyl halides is 3. The first kappa shape index (κ1) is 26.3. The van der Waals surface area contributed by atoms with Crippen LogP contribution in [0.25, 0.3) is 0 Å². The normalized spacial score (nSPS) is 15.7. The Morgan fingerprint density at radius 2 is 1.19 bits per heavy atom. The monoisotopic (exact) mass is 428 g/mol. The van der Waals surface area contributed by atoms with Crippen molar-refractivity contribution in [3.05, 3.63) is 0 Å². The summed E-state index contributed by atoms with van der Waals surface area (Å²) in [4.78, 5) is 11.6. The van der Waals surface area contributed by atoms with Gasteiger partial charge in [0, 0.05) is 0 Å². The van der Waals surface area contributed by atoms with E-state index in [2.05, 4.69) is 27.7 Å². The molecule has 26 heavy (non-hydrogen) atoms. The van der Waals surface area contributed by atoms with Crippen LogP contribution in [0.2, 0.25) is 0 Å². The lowest BCUT2D eigenvalue weighted by Gasteiger charge is -2.17. The lowest BCUT2D eigenvalue weighted by molar-refractivity contribution is -0.148. The molecule has 0 saturated carbocycles. The molecule has 0 bridgehead atoms. The number of esters is 1. The summed E-state index contributed by atoms with van der Waals surface area (Å²) >= 11 is 16.8. The second-order valence-corrected chi connectivity index (χ2v) is 11.0. The zero-order valence-electron chi connectivity index (χ0n) is 17.3. The van der Waals surface area contributed by atoms with Crippen molar-refractivity contribution < 1.29 is 9.53 Å². The second kappa shape index (κ2) is 14.4. The van der Waals surface area contributed by atoms with Crippen LogP contribution >= 0.6 is 34.8 Å². The van der Waals surface area contributed by atoms with Gasteiger partial charge in [-0.3, -0.25) is 4.79 Å². The third-order valence-electron chi connectivity index (χ3n) is 4.86. The summed E-state index contributed by atoms with van der Waals surface area (Å²) < 4.78 is 3.71. The maximum atomic E-state index is 11.6. The largest absolute Gasteiger partial charge is 0.463 e. The predicted molar refractivity (Wildman–Crippen MR) is 115 cm³/mol. The molecule has 3 atom stereocenters. The average molecular weight is 430 g/mol. The van der Waals surface area contributed by atoms with Gasteiger partial charge < -0.3 is 4.74 Å². The molecule has 0 spiro atoms. The molecule has 0 rings (SSSR count). The van der Waals surface area contributed by atoms with Gasteiger partial charge in [-0.05, 0) is 37.5 Å². The summed E-state index contributed by atoms with van der Waals surface area (Å²) in [5.41, 5.74) is 0. The van der Waals surface area contributed by atoms with E-state index < -0.39 is 9.76 Å². The Morgan fingerprint density at radius 3 is 1.62 bits per heavy atom. The first-order valence-corrected chi connectivity index (χ1v) is 11.4. The summed E-state index contributed by atoms with van der Waals surface area (Å²) in [7, 11) is 0. The van der Waals surface area contributed by atoms with Crippen molar-refractivity contribution in [2.45, 2.75) is 109 Å². The van der Waals surface area contributed by atoms with Crippen molar-refractivity contribution in [2.75, 3.05) is 0 Å². The van der Waals surface area contributed by atoms with Crippen molar-refractivity contribution in [3.63, 3.8) is 0 Å². The Labute approximate surface area is 176 Å². The molecule has 0 radical (unpaired) electrons. The molecule has 2 nitrogen and oxygen atoms in total. The second-order valence-electron chi connectivity index (χ2n) is 8.49. The molecule has 0 aromatic carbocycles. The zero-order chi connectivity index (χ0) is 20.2. The topological polar surface area (TPSA) is 26.3 Å². The SMILES string of the molecule is CC(C)CCC[C@H](C)CCC[C@H](C)CCCC(C)OC(=O)CC(Cl)(Cl)Cl. The van der Waals surface area contributed by atoms with E-state index in [-0.39, 0.29) is 12.5 Å². The van der Waals surface area contributed by atoms with Crippen molar-refractivity contribution in [1.29, 1.82) is 0 Å². The Morgan fingerprint density at radius 1 is 0.769 bits per heavy atom. The van der Waals surface area contributed by atoms with Crippen LogP contribution in [0.3, 0.4) is 0 Å². The number of carbonyl (C=O) groups excluding carboxylic acids is 1. The minimum Gasteiger partial charge on any atom is -0.463 e. The number of hydrogen-bond acceptors (Lipinski definition) is 2. The minimum atomic E-state index is -1.57.